The Bertz CT molecular complexity index is 671. The molecule has 2 aromatic carbocycles. The van der Waals surface area contributed by atoms with Crippen LogP contribution in [0.2, 0.25) is 0 Å². The number of hydrogen-bond acceptors (Lipinski definition) is 3. The molecule has 0 aliphatic carbocycles. The number of methoxy groups -OCH3 is 1. The predicted octanol–water partition coefficient (Wildman–Crippen LogP) is 3.73. The first-order chi connectivity index (χ1) is 12.2. The molecule has 0 heterocycles. The fourth-order valence-corrected chi connectivity index (χ4v) is 2.71. The number of ether oxygens (including phenoxy) is 1. The van der Waals surface area contributed by atoms with E-state index in [1.54, 1.807) is 7.11 Å². The maximum atomic E-state index is 12.3. The summed E-state index contributed by atoms with van der Waals surface area (Å²) in [6.45, 7) is 6.51. The molecule has 0 fully saturated rings. The standard InChI is InChI=1S/C21H28N2O2/c1-4-12-23-21(24)19-13-17(10-11-20(19)25-3)15-22-14-16(2)18-8-6-5-7-9-18/h5-11,13,16,22H,4,12,14-15H2,1-3H3,(H,23,24). The second kappa shape index (κ2) is 9.84. The van der Waals surface area contributed by atoms with Gasteiger partial charge >= 0.3 is 0 Å². The minimum Gasteiger partial charge on any atom is -0.496 e. The zero-order chi connectivity index (χ0) is 18.1. The topological polar surface area (TPSA) is 50.4 Å². The largest absolute Gasteiger partial charge is 0.496 e. The molecule has 25 heavy (non-hydrogen) atoms. The molecule has 0 spiro atoms. The van der Waals surface area contributed by atoms with Crippen molar-refractivity contribution >= 4 is 5.91 Å². The van der Waals surface area contributed by atoms with Crippen molar-refractivity contribution in [2.45, 2.75) is 32.7 Å². The molecule has 2 N–H and O–H groups in total. The minimum atomic E-state index is -0.0850. The van der Waals surface area contributed by atoms with Crippen LogP contribution in [0.15, 0.2) is 48.5 Å². The van der Waals surface area contributed by atoms with Gasteiger partial charge in [-0.3, -0.25) is 4.79 Å². The van der Waals surface area contributed by atoms with Crippen molar-refractivity contribution in [1.29, 1.82) is 0 Å². The maximum absolute atomic E-state index is 12.3. The highest BCUT2D eigenvalue weighted by Crippen LogP contribution is 2.20. The Morgan fingerprint density at radius 1 is 1.16 bits per heavy atom. The fourth-order valence-electron chi connectivity index (χ4n) is 2.71. The highest BCUT2D eigenvalue weighted by Gasteiger charge is 2.13. The quantitative estimate of drug-likeness (QED) is 0.731. The normalized spacial score (nSPS) is 11.8. The third-order valence-corrected chi connectivity index (χ3v) is 4.19. The van der Waals surface area contributed by atoms with Crippen molar-refractivity contribution in [2.24, 2.45) is 0 Å². The Hall–Kier alpha value is -2.33. The van der Waals surface area contributed by atoms with Crippen molar-refractivity contribution in [1.82, 2.24) is 10.6 Å². The van der Waals surface area contributed by atoms with Crippen LogP contribution in [0.4, 0.5) is 0 Å². The lowest BCUT2D eigenvalue weighted by Gasteiger charge is -2.14. The summed E-state index contributed by atoms with van der Waals surface area (Å²) >= 11 is 0. The van der Waals surface area contributed by atoms with Crippen LogP contribution in [-0.2, 0) is 6.54 Å². The Labute approximate surface area is 150 Å². The summed E-state index contributed by atoms with van der Waals surface area (Å²) in [7, 11) is 1.59. The Balaban J connectivity index is 1.96. The van der Waals surface area contributed by atoms with Gasteiger partial charge in [-0.25, -0.2) is 0 Å². The van der Waals surface area contributed by atoms with Gasteiger partial charge in [0.05, 0.1) is 12.7 Å². The Morgan fingerprint density at radius 2 is 1.92 bits per heavy atom. The van der Waals surface area contributed by atoms with Crippen LogP contribution in [0.25, 0.3) is 0 Å². The van der Waals surface area contributed by atoms with Crippen LogP contribution in [-0.4, -0.2) is 26.1 Å². The van der Waals surface area contributed by atoms with E-state index in [9.17, 15) is 4.79 Å². The molecule has 134 valence electrons. The summed E-state index contributed by atoms with van der Waals surface area (Å²) in [6, 6.07) is 16.2. The van der Waals surface area contributed by atoms with Crippen molar-refractivity contribution in [3.63, 3.8) is 0 Å². The maximum Gasteiger partial charge on any atom is 0.255 e. The molecule has 2 rings (SSSR count). The first-order valence-corrected chi connectivity index (χ1v) is 8.86. The molecule has 1 atom stereocenters. The van der Waals surface area contributed by atoms with Gasteiger partial charge in [-0.05, 0) is 35.6 Å². The van der Waals surface area contributed by atoms with Gasteiger partial charge < -0.3 is 15.4 Å². The molecule has 0 bridgehead atoms. The van der Waals surface area contributed by atoms with Crippen molar-refractivity contribution in [3.05, 3.63) is 65.2 Å². The summed E-state index contributed by atoms with van der Waals surface area (Å²) < 4.78 is 5.32. The SMILES string of the molecule is CCCNC(=O)c1cc(CNCC(C)c2ccccc2)ccc1OC. The van der Waals surface area contributed by atoms with Gasteiger partial charge in [0.25, 0.3) is 5.91 Å². The second-order valence-corrected chi connectivity index (χ2v) is 6.23. The van der Waals surface area contributed by atoms with Crippen LogP contribution in [0.1, 0.15) is 47.7 Å². The van der Waals surface area contributed by atoms with E-state index in [4.69, 9.17) is 4.74 Å². The van der Waals surface area contributed by atoms with E-state index in [0.29, 0.717) is 23.8 Å². The van der Waals surface area contributed by atoms with Crippen LogP contribution in [0.3, 0.4) is 0 Å². The van der Waals surface area contributed by atoms with Gasteiger partial charge in [-0.15, -0.1) is 0 Å². The van der Waals surface area contributed by atoms with E-state index in [0.717, 1.165) is 25.1 Å². The molecular weight excluding hydrogens is 312 g/mol. The van der Waals surface area contributed by atoms with Crippen LogP contribution < -0.4 is 15.4 Å². The molecule has 0 radical (unpaired) electrons. The van der Waals surface area contributed by atoms with Crippen LogP contribution in [0.5, 0.6) is 5.75 Å². The van der Waals surface area contributed by atoms with Gasteiger partial charge in [0.15, 0.2) is 0 Å². The molecule has 0 aromatic heterocycles. The second-order valence-electron chi connectivity index (χ2n) is 6.23. The monoisotopic (exact) mass is 340 g/mol. The Kier molecular flexibility index (Phi) is 7.48. The minimum absolute atomic E-state index is 0.0850. The average Bonchev–Trinajstić information content (AvgIpc) is 2.66. The smallest absolute Gasteiger partial charge is 0.255 e. The third-order valence-electron chi connectivity index (χ3n) is 4.19. The predicted molar refractivity (Wildman–Crippen MR) is 102 cm³/mol. The molecule has 1 unspecified atom stereocenters. The molecule has 0 saturated carbocycles. The first-order valence-electron chi connectivity index (χ1n) is 8.86. The summed E-state index contributed by atoms with van der Waals surface area (Å²) in [4.78, 5) is 12.3. The zero-order valence-electron chi connectivity index (χ0n) is 15.3. The molecule has 1 amide bonds. The summed E-state index contributed by atoms with van der Waals surface area (Å²) in [6.07, 6.45) is 0.909. The van der Waals surface area contributed by atoms with Crippen LogP contribution >= 0.6 is 0 Å². The zero-order valence-corrected chi connectivity index (χ0v) is 15.3. The van der Waals surface area contributed by atoms with Crippen molar-refractivity contribution < 1.29 is 9.53 Å². The molecule has 4 nitrogen and oxygen atoms in total. The Morgan fingerprint density at radius 3 is 2.60 bits per heavy atom. The number of carbonyl (C=O) groups is 1. The molecule has 0 saturated heterocycles. The highest BCUT2D eigenvalue weighted by atomic mass is 16.5. The van der Waals surface area contributed by atoms with E-state index in [-0.39, 0.29) is 5.91 Å². The third kappa shape index (κ3) is 5.61. The van der Waals surface area contributed by atoms with E-state index in [2.05, 4.69) is 41.8 Å². The number of hydrogen-bond donors (Lipinski definition) is 2. The summed E-state index contributed by atoms with van der Waals surface area (Å²) in [5.41, 5.74) is 2.98. The number of nitrogens with one attached hydrogen (secondary N) is 2. The molecule has 0 aliphatic heterocycles. The van der Waals surface area contributed by atoms with E-state index >= 15 is 0 Å². The van der Waals surface area contributed by atoms with Gasteiger partial charge in [-0.1, -0.05) is 50.2 Å². The molecular formula is C21H28N2O2. The summed E-state index contributed by atoms with van der Waals surface area (Å²) in [5, 5.41) is 6.38. The number of rotatable bonds is 9. The number of carbonyl (C=O) groups excluding carboxylic acids is 1. The van der Waals surface area contributed by atoms with Gasteiger partial charge in [-0.2, -0.15) is 0 Å². The summed E-state index contributed by atoms with van der Waals surface area (Å²) in [5.74, 6) is 0.958. The van der Waals surface area contributed by atoms with E-state index in [1.165, 1.54) is 5.56 Å². The van der Waals surface area contributed by atoms with Gasteiger partial charge in [0.2, 0.25) is 0 Å². The lowest BCUT2D eigenvalue weighted by atomic mass is 10.0. The lowest BCUT2D eigenvalue weighted by molar-refractivity contribution is 0.0950. The number of benzene rings is 2. The fraction of sp³-hybridized carbons (Fsp3) is 0.381. The van der Waals surface area contributed by atoms with Gasteiger partial charge in [0, 0.05) is 19.6 Å². The van der Waals surface area contributed by atoms with Gasteiger partial charge in [0.1, 0.15) is 5.75 Å². The molecule has 0 aliphatic rings. The lowest BCUT2D eigenvalue weighted by Crippen LogP contribution is -2.25. The van der Waals surface area contributed by atoms with E-state index < -0.39 is 0 Å². The van der Waals surface area contributed by atoms with E-state index in [1.807, 2.05) is 31.2 Å². The van der Waals surface area contributed by atoms with Crippen molar-refractivity contribution in [3.8, 4) is 5.75 Å². The first kappa shape index (κ1) is 19.0. The number of amides is 1. The average molecular weight is 340 g/mol. The molecule has 2 aromatic rings. The molecule has 4 heteroatoms. The highest BCUT2D eigenvalue weighted by molar-refractivity contribution is 5.97. The van der Waals surface area contributed by atoms with Crippen molar-refractivity contribution in [2.75, 3.05) is 20.2 Å². The van der Waals surface area contributed by atoms with Crippen LogP contribution in [0, 0.1) is 0 Å².